The van der Waals surface area contributed by atoms with Crippen molar-refractivity contribution in [2.45, 2.75) is 75.9 Å². The van der Waals surface area contributed by atoms with Gasteiger partial charge in [0.1, 0.15) is 0 Å². The number of nitrogens with zero attached hydrogens (tertiary/aromatic N) is 3. The zero-order valence-electron chi connectivity index (χ0n) is 18.4. The Morgan fingerprint density at radius 2 is 1.97 bits per heavy atom. The highest BCUT2D eigenvalue weighted by Gasteiger charge is 2.54. The molecule has 1 saturated heterocycles. The Kier molecular flexibility index (Phi) is 5.79. The number of anilines is 1. The van der Waals surface area contributed by atoms with E-state index in [2.05, 4.69) is 22.1 Å². The predicted molar refractivity (Wildman–Crippen MR) is 121 cm³/mol. The molecule has 31 heavy (non-hydrogen) atoms. The molecular formula is C23H34N4O3S. The first-order valence-corrected chi connectivity index (χ1v) is 13.4. The maximum atomic E-state index is 13.4. The molecule has 170 valence electrons. The smallest absolute Gasteiger partial charge is 0.254 e. The molecule has 0 spiro atoms. The van der Waals surface area contributed by atoms with Crippen molar-refractivity contribution < 1.29 is 14.1 Å². The summed E-state index contributed by atoms with van der Waals surface area (Å²) >= 11 is 0. The van der Waals surface area contributed by atoms with Gasteiger partial charge in [0, 0.05) is 53.6 Å². The standard InChI is InChI=1S/C23H34N4O3S/c1-2-15-11-23(29)12-17(13-23)19(15)25-21(28)18-14-24-22(27-7-9-31(30)10-8-27)26-20(18)16-5-3-4-6-16/h14-17,19,29H,2-13H2,1H3,(H,25,28)/t15?,17?,19-,23?/m1/s1. The van der Waals surface area contributed by atoms with Gasteiger partial charge < -0.3 is 15.3 Å². The van der Waals surface area contributed by atoms with Crippen molar-refractivity contribution in [2.75, 3.05) is 29.5 Å². The average Bonchev–Trinajstić information content (AvgIpc) is 3.29. The van der Waals surface area contributed by atoms with Crippen molar-refractivity contribution in [1.82, 2.24) is 15.3 Å². The Morgan fingerprint density at radius 3 is 2.65 bits per heavy atom. The number of nitrogens with one attached hydrogen (secondary N) is 1. The summed E-state index contributed by atoms with van der Waals surface area (Å²) in [5, 5.41) is 13.8. The van der Waals surface area contributed by atoms with Crippen molar-refractivity contribution in [3.8, 4) is 0 Å². The van der Waals surface area contributed by atoms with Gasteiger partial charge in [0.15, 0.2) is 0 Å². The van der Waals surface area contributed by atoms with Crippen LogP contribution in [0.3, 0.4) is 0 Å². The van der Waals surface area contributed by atoms with Crippen LogP contribution >= 0.6 is 0 Å². The van der Waals surface area contributed by atoms with Gasteiger partial charge in [-0.2, -0.15) is 0 Å². The van der Waals surface area contributed by atoms with Crippen LogP contribution in [-0.2, 0) is 10.8 Å². The van der Waals surface area contributed by atoms with Crippen LogP contribution in [0.2, 0.25) is 0 Å². The minimum Gasteiger partial charge on any atom is -0.390 e. The summed E-state index contributed by atoms with van der Waals surface area (Å²) in [7, 11) is -0.744. The third-order valence-corrected chi connectivity index (χ3v) is 9.29. The van der Waals surface area contributed by atoms with E-state index < -0.39 is 16.4 Å². The Balaban J connectivity index is 1.38. The van der Waals surface area contributed by atoms with E-state index in [4.69, 9.17) is 4.98 Å². The van der Waals surface area contributed by atoms with Gasteiger partial charge in [-0.15, -0.1) is 0 Å². The quantitative estimate of drug-likeness (QED) is 0.721. The molecule has 6 rings (SSSR count). The summed E-state index contributed by atoms with van der Waals surface area (Å²) in [6.07, 6.45) is 9.55. The Bertz CT molecular complexity index is 856. The Labute approximate surface area is 186 Å². The van der Waals surface area contributed by atoms with E-state index in [1.54, 1.807) is 6.20 Å². The number of amides is 1. The van der Waals surface area contributed by atoms with Crippen molar-refractivity contribution in [3.63, 3.8) is 0 Å². The maximum Gasteiger partial charge on any atom is 0.254 e. The number of rotatable bonds is 5. The van der Waals surface area contributed by atoms with Crippen molar-refractivity contribution in [1.29, 1.82) is 0 Å². The summed E-state index contributed by atoms with van der Waals surface area (Å²) < 4.78 is 11.7. The SMILES string of the molecule is CCC1CC2(O)CC(C2)[C@@H]1NC(=O)c1cnc(N2CCS(=O)CC2)nc1C1CCCC1. The number of hydrogen-bond acceptors (Lipinski definition) is 6. The lowest BCUT2D eigenvalue weighted by molar-refractivity contribution is -0.142. The second-order valence-electron chi connectivity index (χ2n) is 10.0. The van der Waals surface area contributed by atoms with Crippen LogP contribution in [0.4, 0.5) is 5.95 Å². The monoisotopic (exact) mass is 446 g/mol. The molecule has 4 saturated carbocycles. The molecule has 2 N–H and O–H groups in total. The molecule has 5 aliphatic rings. The van der Waals surface area contributed by atoms with E-state index in [1.807, 2.05) is 0 Å². The van der Waals surface area contributed by atoms with Gasteiger partial charge in [0.25, 0.3) is 5.91 Å². The maximum absolute atomic E-state index is 13.4. The molecule has 2 heterocycles. The van der Waals surface area contributed by atoms with Gasteiger partial charge in [0.2, 0.25) is 5.95 Å². The molecule has 1 aliphatic heterocycles. The van der Waals surface area contributed by atoms with E-state index in [-0.39, 0.29) is 11.9 Å². The van der Waals surface area contributed by atoms with Crippen LogP contribution in [0.5, 0.6) is 0 Å². The van der Waals surface area contributed by atoms with E-state index in [1.165, 1.54) is 12.8 Å². The summed E-state index contributed by atoms with van der Waals surface area (Å²) in [6, 6.07) is 0.125. The molecule has 1 aromatic heterocycles. The zero-order valence-corrected chi connectivity index (χ0v) is 19.2. The highest BCUT2D eigenvalue weighted by Crippen LogP contribution is 2.52. The first kappa shape index (κ1) is 21.3. The largest absolute Gasteiger partial charge is 0.390 e. The van der Waals surface area contributed by atoms with Crippen molar-refractivity contribution >= 4 is 22.7 Å². The number of aliphatic hydroxyl groups is 1. The molecule has 0 radical (unpaired) electrons. The Morgan fingerprint density at radius 1 is 1.26 bits per heavy atom. The van der Waals surface area contributed by atoms with Crippen LogP contribution in [0.1, 0.15) is 80.3 Å². The minimum atomic E-state index is -0.744. The molecule has 0 aromatic carbocycles. The van der Waals surface area contributed by atoms with Crippen LogP contribution in [0.25, 0.3) is 0 Å². The molecule has 2 atom stereocenters. The third kappa shape index (κ3) is 4.13. The number of fused-ring (bicyclic) bond motifs is 2. The van der Waals surface area contributed by atoms with Gasteiger partial charge in [-0.05, 0) is 43.9 Å². The number of aromatic nitrogens is 2. The van der Waals surface area contributed by atoms with E-state index in [0.29, 0.717) is 53.9 Å². The van der Waals surface area contributed by atoms with E-state index in [0.717, 1.165) is 44.2 Å². The van der Waals surface area contributed by atoms with Gasteiger partial charge in [0.05, 0.1) is 16.9 Å². The lowest BCUT2D eigenvalue weighted by Gasteiger charge is -2.56. The summed E-state index contributed by atoms with van der Waals surface area (Å²) in [4.78, 5) is 25.0. The molecule has 1 unspecified atom stereocenters. The summed E-state index contributed by atoms with van der Waals surface area (Å²) in [6.45, 7) is 3.55. The normalized spacial score (nSPS) is 33.9. The van der Waals surface area contributed by atoms with E-state index >= 15 is 0 Å². The fourth-order valence-electron chi connectivity index (χ4n) is 6.26. The molecule has 8 heteroatoms. The lowest BCUT2D eigenvalue weighted by atomic mass is 9.55. The van der Waals surface area contributed by atoms with Crippen molar-refractivity contribution in [2.24, 2.45) is 11.8 Å². The molecule has 7 nitrogen and oxygen atoms in total. The topological polar surface area (TPSA) is 95.4 Å². The van der Waals surface area contributed by atoms with Crippen LogP contribution < -0.4 is 10.2 Å². The predicted octanol–water partition coefficient (Wildman–Crippen LogP) is 2.37. The van der Waals surface area contributed by atoms with Crippen molar-refractivity contribution in [3.05, 3.63) is 17.5 Å². The highest BCUT2D eigenvalue weighted by atomic mass is 32.2. The molecule has 1 aromatic rings. The number of carbonyl (C=O) groups excluding carboxylic acids is 1. The first-order valence-electron chi connectivity index (χ1n) is 12.0. The number of carbonyl (C=O) groups is 1. The first-order chi connectivity index (χ1) is 15.0. The highest BCUT2D eigenvalue weighted by molar-refractivity contribution is 7.85. The fraction of sp³-hybridized carbons (Fsp3) is 0.783. The van der Waals surface area contributed by atoms with Gasteiger partial charge >= 0.3 is 0 Å². The third-order valence-electron chi connectivity index (χ3n) is 8.02. The zero-order chi connectivity index (χ0) is 21.6. The van der Waals surface area contributed by atoms with Gasteiger partial charge in [-0.3, -0.25) is 9.00 Å². The van der Waals surface area contributed by atoms with Crippen LogP contribution in [-0.4, -0.2) is 61.4 Å². The number of hydrogen-bond donors (Lipinski definition) is 2. The molecule has 2 bridgehead atoms. The second kappa shape index (κ2) is 8.43. The lowest BCUT2D eigenvalue weighted by Crippen LogP contribution is -2.62. The minimum absolute atomic E-state index is 0.0611. The summed E-state index contributed by atoms with van der Waals surface area (Å²) in [5.41, 5.74) is 1.01. The summed E-state index contributed by atoms with van der Waals surface area (Å²) in [5.74, 6) is 2.92. The van der Waals surface area contributed by atoms with Crippen LogP contribution in [0.15, 0.2) is 6.20 Å². The fourth-order valence-corrected chi connectivity index (χ4v) is 7.31. The molecule has 5 fully saturated rings. The average molecular weight is 447 g/mol. The van der Waals surface area contributed by atoms with E-state index in [9.17, 15) is 14.1 Å². The van der Waals surface area contributed by atoms with Gasteiger partial charge in [-0.25, -0.2) is 9.97 Å². The second-order valence-corrected chi connectivity index (χ2v) is 11.7. The molecular weight excluding hydrogens is 412 g/mol. The molecule has 1 amide bonds. The Hall–Kier alpha value is -1.54. The molecule has 4 aliphatic carbocycles. The van der Waals surface area contributed by atoms with Crippen LogP contribution in [0, 0.1) is 11.8 Å². The van der Waals surface area contributed by atoms with Gasteiger partial charge in [-0.1, -0.05) is 26.2 Å².